The molecule has 6 nitrogen and oxygen atoms in total. The maximum atomic E-state index is 9.74. The highest BCUT2D eigenvalue weighted by molar-refractivity contribution is 5.49. The number of rotatable bonds is 3. The summed E-state index contributed by atoms with van der Waals surface area (Å²) in [6.45, 7) is 0. The van der Waals surface area contributed by atoms with Gasteiger partial charge in [-0.2, -0.15) is 0 Å². The van der Waals surface area contributed by atoms with Crippen LogP contribution >= 0.6 is 0 Å². The first-order chi connectivity index (χ1) is 9.95. The van der Waals surface area contributed by atoms with Crippen molar-refractivity contribution >= 4 is 0 Å². The average molecular weight is 290 g/mol. The van der Waals surface area contributed by atoms with Gasteiger partial charge in [-0.15, -0.1) is 0 Å². The summed E-state index contributed by atoms with van der Waals surface area (Å²) >= 11 is 0. The van der Waals surface area contributed by atoms with Crippen LogP contribution in [0.1, 0.15) is 17.2 Å². The fraction of sp³-hybridized carbons (Fsp3) is 0.200. The molecular formula is C15H14O6. The van der Waals surface area contributed by atoms with Crippen LogP contribution in [-0.2, 0) is 11.2 Å². The highest BCUT2D eigenvalue weighted by Crippen LogP contribution is 2.45. The summed E-state index contributed by atoms with van der Waals surface area (Å²) in [5.74, 6) is -1.04. The Morgan fingerprint density at radius 3 is 2.10 bits per heavy atom. The van der Waals surface area contributed by atoms with Crippen molar-refractivity contribution in [2.75, 3.05) is 0 Å². The lowest BCUT2D eigenvalue weighted by molar-refractivity contribution is 0.364. The van der Waals surface area contributed by atoms with Gasteiger partial charge in [-0.1, -0.05) is 6.07 Å². The Bertz CT molecular complexity index is 674. The van der Waals surface area contributed by atoms with E-state index in [1.54, 1.807) is 6.07 Å². The number of hydrogen-bond acceptors (Lipinski definition) is 6. The molecule has 5 N–H and O–H groups in total. The molecule has 0 spiro atoms. The lowest BCUT2D eigenvalue weighted by Crippen LogP contribution is -1.96. The Labute approximate surface area is 120 Å². The number of ether oxygens (including phenoxy) is 1. The minimum absolute atomic E-state index is 0.199. The average Bonchev–Trinajstić information content (AvgIpc) is 3.16. The lowest BCUT2D eigenvalue weighted by atomic mass is 10.0. The van der Waals surface area contributed by atoms with Crippen LogP contribution in [0.4, 0.5) is 0 Å². The third-order valence-electron chi connectivity index (χ3n) is 3.50. The molecule has 0 aliphatic carbocycles. The van der Waals surface area contributed by atoms with Crippen LogP contribution in [0.2, 0.25) is 0 Å². The lowest BCUT2D eigenvalue weighted by Gasteiger charge is -2.06. The van der Waals surface area contributed by atoms with Gasteiger partial charge >= 0.3 is 0 Å². The normalized spacial score (nSPS) is 20.4. The third-order valence-corrected chi connectivity index (χ3v) is 3.50. The number of benzene rings is 2. The second kappa shape index (κ2) is 4.75. The number of phenols is 5. The molecule has 1 saturated heterocycles. The van der Waals surface area contributed by atoms with Crippen LogP contribution in [0.25, 0.3) is 0 Å². The van der Waals surface area contributed by atoms with Crippen LogP contribution in [0.5, 0.6) is 28.7 Å². The molecule has 0 amide bonds. The molecule has 0 aromatic heterocycles. The molecule has 0 saturated carbocycles. The van der Waals surface area contributed by atoms with E-state index in [-0.39, 0.29) is 47.4 Å². The highest BCUT2D eigenvalue weighted by atomic mass is 16.6. The zero-order chi connectivity index (χ0) is 15.1. The molecule has 0 bridgehead atoms. The molecule has 1 aliphatic rings. The Balaban J connectivity index is 1.76. The van der Waals surface area contributed by atoms with Crippen LogP contribution < -0.4 is 0 Å². The maximum absolute atomic E-state index is 9.74. The number of aromatic hydroxyl groups is 5. The summed E-state index contributed by atoms with van der Waals surface area (Å²) < 4.78 is 5.46. The molecular weight excluding hydrogens is 276 g/mol. The first-order valence-electron chi connectivity index (χ1n) is 6.37. The largest absolute Gasteiger partial charge is 0.508 e. The van der Waals surface area contributed by atoms with E-state index in [1.807, 2.05) is 0 Å². The smallest absolute Gasteiger partial charge is 0.157 e. The topological polar surface area (TPSA) is 114 Å². The van der Waals surface area contributed by atoms with E-state index in [4.69, 9.17) is 4.74 Å². The van der Waals surface area contributed by atoms with Crippen molar-refractivity contribution in [2.24, 2.45) is 0 Å². The van der Waals surface area contributed by atoms with Crippen molar-refractivity contribution in [3.63, 3.8) is 0 Å². The Morgan fingerprint density at radius 1 is 0.810 bits per heavy atom. The van der Waals surface area contributed by atoms with E-state index >= 15 is 0 Å². The SMILES string of the molecule is Oc1cc(O)c(CC2OC2c2ccc(O)c(O)c2)c(O)c1. The summed E-state index contributed by atoms with van der Waals surface area (Å²) in [7, 11) is 0. The quantitative estimate of drug-likeness (QED) is 0.436. The first-order valence-corrected chi connectivity index (χ1v) is 6.37. The molecule has 2 aromatic carbocycles. The summed E-state index contributed by atoms with van der Waals surface area (Å²) in [5.41, 5.74) is 0.997. The van der Waals surface area contributed by atoms with Gasteiger partial charge in [0.15, 0.2) is 11.5 Å². The molecule has 21 heavy (non-hydrogen) atoms. The third kappa shape index (κ3) is 2.53. The second-order valence-electron chi connectivity index (χ2n) is 5.01. The van der Waals surface area contributed by atoms with Gasteiger partial charge in [0.1, 0.15) is 23.4 Å². The molecule has 3 rings (SSSR count). The summed E-state index contributed by atoms with van der Waals surface area (Å²) in [6.07, 6.45) is -0.260. The van der Waals surface area contributed by atoms with E-state index in [0.29, 0.717) is 11.1 Å². The van der Waals surface area contributed by atoms with Crippen molar-refractivity contribution in [1.82, 2.24) is 0 Å². The Morgan fingerprint density at radius 2 is 1.48 bits per heavy atom. The number of epoxide rings is 1. The van der Waals surface area contributed by atoms with Crippen molar-refractivity contribution in [3.05, 3.63) is 41.5 Å². The van der Waals surface area contributed by atoms with Crippen LogP contribution in [0, 0.1) is 0 Å². The molecule has 2 aromatic rings. The Hall–Kier alpha value is -2.60. The van der Waals surface area contributed by atoms with Gasteiger partial charge in [0.05, 0.1) is 6.10 Å². The summed E-state index contributed by atoms with van der Waals surface area (Å²) in [6, 6.07) is 6.73. The Kier molecular flexibility index (Phi) is 3.03. The second-order valence-corrected chi connectivity index (χ2v) is 5.01. The van der Waals surface area contributed by atoms with Gasteiger partial charge in [0.2, 0.25) is 0 Å². The zero-order valence-electron chi connectivity index (χ0n) is 10.9. The minimum Gasteiger partial charge on any atom is -0.508 e. The van der Waals surface area contributed by atoms with Crippen molar-refractivity contribution in [2.45, 2.75) is 18.6 Å². The first kappa shape index (κ1) is 13.4. The van der Waals surface area contributed by atoms with E-state index < -0.39 is 0 Å². The van der Waals surface area contributed by atoms with Crippen molar-refractivity contribution in [1.29, 1.82) is 0 Å². The molecule has 1 heterocycles. The fourth-order valence-electron chi connectivity index (χ4n) is 2.35. The van der Waals surface area contributed by atoms with Gasteiger partial charge in [-0.25, -0.2) is 0 Å². The van der Waals surface area contributed by atoms with Crippen LogP contribution in [-0.4, -0.2) is 31.6 Å². The maximum Gasteiger partial charge on any atom is 0.157 e. The van der Waals surface area contributed by atoms with Gasteiger partial charge in [0.25, 0.3) is 0 Å². The van der Waals surface area contributed by atoms with Gasteiger partial charge < -0.3 is 30.3 Å². The minimum atomic E-state index is -0.274. The summed E-state index contributed by atoms with van der Waals surface area (Å²) in [4.78, 5) is 0. The molecule has 1 aliphatic heterocycles. The van der Waals surface area contributed by atoms with Crippen molar-refractivity contribution < 1.29 is 30.3 Å². The standard InChI is InChI=1S/C15H14O6/c16-8-4-11(18)9(12(19)5-8)6-14-15(21-14)7-1-2-10(17)13(20)3-7/h1-5,14-20H,6H2. The molecule has 1 fully saturated rings. The van der Waals surface area contributed by atoms with E-state index in [2.05, 4.69) is 0 Å². The van der Waals surface area contributed by atoms with E-state index in [9.17, 15) is 25.5 Å². The molecule has 2 unspecified atom stereocenters. The predicted octanol–water partition coefficient (Wildman–Crippen LogP) is 1.90. The zero-order valence-corrected chi connectivity index (χ0v) is 10.9. The number of hydrogen-bond donors (Lipinski definition) is 5. The fourth-order valence-corrected chi connectivity index (χ4v) is 2.35. The molecule has 110 valence electrons. The van der Waals surface area contributed by atoms with Crippen LogP contribution in [0.15, 0.2) is 30.3 Å². The molecule has 0 radical (unpaired) electrons. The monoisotopic (exact) mass is 290 g/mol. The molecule has 6 heteroatoms. The summed E-state index contributed by atoms with van der Waals surface area (Å²) in [5, 5.41) is 47.5. The van der Waals surface area contributed by atoms with E-state index in [0.717, 1.165) is 12.1 Å². The number of phenolic OH excluding ortho intramolecular Hbond substituents is 5. The molecule has 2 atom stereocenters. The van der Waals surface area contributed by atoms with Gasteiger partial charge in [-0.05, 0) is 17.7 Å². The van der Waals surface area contributed by atoms with Gasteiger partial charge in [-0.3, -0.25) is 0 Å². The van der Waals surface area contributed by atoms with Gasteiger partial charge in [0, 0.05) is 24.1 Å². The highest BCUT2D eigenvalue weighted by Gasteiger charge is 2.41. The predicted molar refractivity (Wildman–Crippen MR) is 72.5 cm³/mol. The van der Waals surface area contributed by atoms with E-state index in [1.165, 1.54) is 12.1 Å². The van der Waals surface area contributed by atoms with Crippen LogP contribution in [0.3, 0.4) is 0 Å². The van der Waals surface area contributed by atoms with Crippen molar-refractivity contribution in [3.8, 4) is 28.7 Å².